The first-order valence-corrected chi connectivity index (χ1v) is 4.05. The lowest BCUT2D eigenvalue weighted by Crippen LogP contribution is -1.54. The molecular weight excluding hydrogens is 144 g/mol. The standard InChI is InChI=1S/C6H6.C6H10/c1-2-4-6-5-3-1;1-4-5-6(2)3/h1-6H;4-5H,2H2,1,3H3. The maximum Gasteiger partial charge on any atom is -0.0404 e. The molecule has 0 saturated heterocycles. The lowest BCUT2D eigenvalue weighted by Gasteiger charge is -1.75. The molecule has 0 bridgehead atoms. The van der Waals surface area contributed by atoms with Gasteiger partial charge in [0.05, 0.1) is 0 Å². The molecule has 0 fully saturated rings. The van der Waals surface area contributed by atoms with E-state index in [-0.39, 0.29) is 0 Å². The largest absolute Gasteiger partial charge is 0.0961 e. The van der Waals surface area contributed by atoms with E-state index >= 15 is 0 Å². The second-order valence-corrected chi connectivity index (χ2v) is 2.50. The van der Waals surface area contributed by atoms with Crippen molar-refractivity contribution in [3.63, 3.8) is 0 Å². The molecule has 0 saturated carbocycles. The fourth-order valence-corrected chi connectivity index (χ4v) is 0.669. The minimum Gasteiger partial charge on any atom is -0.0961 e. The first-order valence-electron chi connectivity index (χ1n) is 4.05. The first kappa shape index (κ1) is 10.7. The molecular formula is C12H16. The van der Waals surface area contributed by atoms with Gasteiger partial charge in [0.25, 0.3) is 0 Å². The highest BCUT2D eigenvalue weighted by Crippen LogP contribution is 1.85. The van der Waals surface area contributed by atoms with E-state index in [2.05, 4.69) is 6.58 Å². The minimum absolute atomic E-state index is 1.11. The number of hydrogen-bond acceptors (Lipinski definition) is 0. The normalized spacial score (nSPS) is 8.83. The van der Waals surface area contributed by atoms with E-state index in [1.165, 1.54) is 0 Å². The number of allylic oxidation sites excluding steroid dienone is 3. The van der Waals surface area contributed by atoms with Crippen molar-refractivity contribution in [2.75, 3.05) is 0 Å². The Kier molecular flexibility index (Phi) is 6.96. The van der Waals surface area contributed by atoms with Gasteiger partial charge in [-0.3, -0.25) is 0 Å². The molecule has 0 aliphatic rings. The average Bonchev–Trinajstić information content (AvgIpc) is 2.08. The Morgan fingerprint density at radius 2 is 1.33 bits per heavy atom. The summed E-state index contributed by atoms with van der Waals surface area (Å²) >= 11 is 0. The Morgan fingerprint density at radius 3 is 1.42 bits per heavy atom. The molecule has 0 N–H and O–H groups in total. The topological polar surface area (TPSA) is 0 Å². The van der Waals surface area contributed by atoms with Gasteiger partial charge in [0, 0.05) is 0 Å². The quantitative estimate of drug-likeness (QED) is 0.548. The van der Waals surface area contributed by atoms with Gasteiger partial charge in [-0.15, -0.1) is 0 Å². The summed E-state index contributed by atoms with van der Waals surface area (Å²) in [6.07, 6.45) is 3.95. The maximum atomic E-state index is 3.66. The predicted octanol–water partition coefficient (Wildman–Crippen LogP) is 3.83. The van der Waals surface area contributed by atoms with E-state index in [1.54, 1.807) is 0 Å². The molecule has 0 atom stereocenters. The first-order chi connectivity index (χ1) is 5.77. The Hall–Kier alpha value is -1.30. The van der Waals surface area contributed by atoms with Crippen LogP contribution in [0.1, 0.15) is 13.8 Å². The molecule has 0 aliphatic carbocycles. The van der Waals surface area contributed by atoms with E-state index in [1.807, 2.05) is 62.4 Å². The zero-order chi connectivity index (χ0) is 9.23. The molecule has 0 radical (unpaired) electrons. The van der Waals surface area contributed by atoms with Gasteiger partial charge in [-0.1, -0.05) is 60.7 Å². The highest BCUT2D eigenvalue weighted by Gasteiger charge is 1.63. The second-order valence-electron chi connectivity index (χ2n) is 2.50. The van der Waals surface area contributed by atoms with Gasteiger partial charge in [0.2, 0.25) is 0 Å². The monoisotopic (exact) mass is 160 g/mol. The number of rotatable bonds is 1. The van der Waals surface area contributed by atoms with Crippen LogP contribution in [0.3, 0.4) is 0 Å². The number of benzene rings is 1. The highest BCUT2D eigenvalue weighted by molar-refractivity contribution is 5.09. The molecule has 0 heteroatoms. The van der Waals surface area contributed by atoms with Crippen molar-refractivity contribution < 1.29 is 0 Å². The molecule has 0 nitrogen and oxygen atoms in total. The fraction of sp³-hybridized carbons (Fsp3) is 0.167. The third kappa shape index (κ3) is 8.70. The van der Waals surface area contributed by atoms with E-state index in [9.17, 15) is 0 Å². The van der Waals surface area contributed by atoms with Gasteiger partial charge < -0.3 is 0 Å². The van der Waals surface area contributed by atoms with E-state index in [0.29, 0.717) is 0 Å². The molecule has 0 heterocycles. The number of hydrogen-bond donors (Lipinski definition) is 0. The van der Waals surface area contributed by atoms with Crippen molar-refractivity contribution in [2.24, 2.45) is 0 Å². The SMILES string of the molecule is C=C(C)C=CC.c1ccccc1. The highest BCUT2D eigenvalue weighted by atomic mass is 13.7. The second kappa shape index (κ2) is 7.80. The smallest absolute Gasteiger partial charge is 0.0404 e. The third-order valence-corrected chi connectivity index (χ3v) is 1.12. The Bertz CT molecular complexity index is 192. The summed E-state index contributed by atoms with van der Waals surface area (Å²) in [5.74, 6) is 0. The van der Waals surface area contributed by atoms with Crippen molar-refractivity contribution in [2.45, 2.75) is 13.8 Å². The van der Waals surface area contributed by atoms with Crippen LogP contribution in [0.25, 0.3) is 0 Å². The van der Waals surface area contributed by atoms with Crippen molar-refractivity contribution in [3.8, 4) is 0 Å². The van der Waals surface area contributed by atoms with E-state index in [0.717, 1.165) is 5.57 Å². The molecule has 1 aromatic rings. The van der Waals surface area contributed by atoms with Gasteiger partial charge in [-0.05, 0) is 13.8 Å². The Morgan fingerprint density at radius 1 is 1.00 bits per heavy atom. The average molecular weight is 160 g/mol. The Balaban J connectivity index is 0.000000202. The summed E-state index contributed by atoms with van der Waals surface area (Å²) in [6, 6.07) is 12.0. The maximum absolute atomic E-state index is 3.66. The van der Waals surface area contributed by atoms with Crippen LogP contribution in [0.4, 0.5) is 0 Å². The van der Waals surface area contributed by atoms with Crippen LogP contribution in [-0.4, -0.2) is 0 Å². The summed E-state index contributed by atoms with van der Waals surface area (Å²) in [5.41, 5.74) is 1.11. The van der Waals surface area contributed by atoms with Gasteiger partial charge in [0.1, 0.15) is 0 Å². The van der Waals surface area contributed by atoms with Crippen LogP contribution in [0.2, 0.25) is 0 Å². The summed E-state index contributed by atoms with van der Waals surface area (Å²) < 4.78 is 0. The molecule has 12 heavy (non-hydrogen) atoms. The van der Waals surface area contributed by atoms with Crippen LogP contribution in [0, 0.1) is 0 Å². The molecule has 0 amide bonds. The molecule has 0 unspecified atom stereocenters. The summed E-state index contributed by atoms with van der Waals surface area (Å²) in [4.78, 5) is 0. The van der Waals surface area contributed by atoms with Crippen molar-refractivity contribution in [3.05, 3.63) is 60.7 Å². The van der Waals surface area contributed by atoms with Crippen molar-refractivity contribution in [1.82, 2.24) is 0 Å². The lowest BCUT2D eigenvalue weighted by molar-refractivity contribution is 1.54. The summed E-state index contributed by atoms with van der Waals surface area (Å²) in [5, 5.41) is 0. The zero-order valence-corrected chi connectivity index (χ0v) is 7.83. The molecule has 0 aromatic heterocycles. The van der Waals surface area contributed by atoms with Gasteiger partial charge in [-0.2, -0.15) is 0 Å². The molecule has 1 aromatic carbocycles. The van der Waals surface area contributed by atoms with Crippen LogP contribution < -0.4 is 0 Å². The van der Waals surface area contributed by atoms with Gasteiger partial charge in [0.15, 0.2) is 0 Å². The fourth-order valence-electron chi connectivity index (χ4n) is 0.669. The van der Waals surface area contributed by atoms with Crippen molar-refractivity contribution >= 4 is 0 Å². The van der Waals surface area contributed by atoms with E-state index in [4.69, 9.17) is 0 Å². The molecule has 0 spiro atoms. The van der Waals surface area contributed by atoms with Gasteiger partial charge in [-0.25, -0.2) is 0 Å². The van der Waals surface area contributed by atoms with Gasteiger partial charge >= 0.3 is 0 Å². The lowest BCUT2D eigenvalue weighted by atomic mass is 10.3. The molecule has 64 valence electrons. The third-order valence-electron chi connectivity index (χ3n) is 1.12. The minimum atomic E-state index is 1.11. The Labute approximate surface area is 75.2 Å². The summed E-state index contributed by atoms with van der Waals surface area (Å²) in [7, 11) is 0. The molecule has 0 aliphatic heterocycles. The van der Waals surface area contributed by atoms with Crippen LogP contribution in [0.5, 0.6) is 0 Å². The van der Waals surface area contributed by atoms with Crippen molar-refractivity contribution in [1.29, 1.82) is 0 Å². The summed E-state index contributed by atoms with van der Waals surface area (Å²) in [6.45, 7) is 7.61. The zero-order valence-electron chi connectivity index (χ0n) is 7.83. The van der Waals surface area contributed by atoms with Crippen LogP contribution in [-0.2, 0) is 0 Å². The van der Waals surface area contributed by atoms with Crippen LogP contribution in [0.15, 0.2) is 60.7 Å². The predicted molar refractivity (Wildman–Crippen MR) is 56.1 cm³/mol. The van der Waals surface area contributed by atoms with Crippen LogP contribution >= 0.6 is 0 Å². The molecule has 1 rings (SSSR count). The van der Waals surface area contributed by atoms with E-state index < -0.39 is 0 Å².